The molecule has 0 aliphatic heterocycles. The maximum absolute atomic E-state index is 11.5. The molecule has 0 fully saturated rings. The first-order chi connectivity index (χ1) is 10.1. The van der Waals surface area contributed by atoms with Crippen LogP contribution in [0.5, 0.6) is 0 Å². The van der Waals surface area contributed by atoms with Crippen molar-refractivity contribution in [2.75, 3.05) is 11.5 Å². The largest absolute Gasteiger partial charge is 0.458 e. The van der Waals surface area contributed by atoms with Gasteiger partial charge >= 0.3 is 5.97 Å². The van der Waals surface area contributed by atoms with Crippen LogP contribution in [-0.2, 0) is 9.53 Å². The number of carbonyl (C=O) groups is 1. The van der Waals surface area contributed by atoms with Gasteiger partial charge in [0, 0.05) is 17.1 Å². The average molecular weight is 347 g/mol. The summed E-state index contributed by atoms with van der Waals surface area (Å²) in [6.07, 6.45) is 3.06. The van der Waals surface area contributed by atoms with Gasteiger partial charge in [-0.2, -0.15) is 0 Å². The summed E-state index contributed by atoms with van der Waals surface area (Å²) in [4.78, 5) is 11.5. The molecule has 21 heavy (non-hydrogen) atoms. The fraction of sp³-hybridized carbons (Fsp3) is 0.643. The van der Waals surface area contributed by atoms with Crippen LogP contribution in [0.2, 0.25) is 0 Å². The Bertz CT molecular complexity index is 463. The number of ether oxygens (including phenoxy) is 1. The van der Waals surface area contributed by atoms with E-state index in [4.69, 9.17) is 4.74 Å². The molecule has 0 amide bonds. The summed E-state index contributed by atoms with van der Waals surface area (Å²) in [5, 5.41) is 8.34. The van der Waals surface area contributed by atoms with Gasteiger partial charge < -0.3 is 4.74 Å². The summed E-state index contributed by atoms with van der Waals surface area (Å²) in [6.45, 7) is 9.44. The summed E-state index contributed by atoms with van der Waals surface area (Å²) in [5.74, 6) is 1.46. The average Bonchev–Trinajstić information content (AvgIpc) is 2.91. The third-order valence-electron chi connectivity index (χ3n) is 2.58. The molecule has 0 aliphatic carbocycles. The van der Waals surface area contributed by atoms with Gasteiger partial charge in [-0.1, -0.05) is 61.7 Å². The number of carbonyl (C=O) groups excluding carboxylic acids is 1. The van der Waals surface area contributed by atoms with Gasteiger partial charge in [0.15, 0.2) is 8.68 Å². The van der Waals surface area contributed by atoms with Crippen molar-refractivity contribution < 1.29 is 9.53 Å². The van der Waals surface area contributed by atoms with Crippen molar-refractivity contribution >= 4 is 40.8 Å². The van der Waals surface area contributed by atoms with Gasteiger partial charge in [0.2, 0.25) is 0 Å². The maximum atomic E-state index is 11.5. The van der Waals surface area contributed by atoms with Gasteiger partial charge in [-0.15, -0.1) is 10.2 Å². The fourth-order valence-electron chi connectivity index (χ4n) is 1.27. The number of thioether (sulfide) groups is 2. The van der Waals surface area contributed by atoms with Gasteiger partial charge in [0.25, 0.3) is 0 Å². The number of hydrogen-bond donors (Lipinski definition) is 0. The molecule has 1 unspecified atom stereocenters. The first-order valence-corrected chi connectivity index (χ1v) is 9.81. The van der Waals surface area contributed by atoms with Crippen LogP contribution < -0.4 is 0 Å². The lowest BCUT2D eigenvalue weighted by atomic mass is 10.3. The Morgan fingerprint density at radius 2 is 2.00 bits per heavy atom. The third-order valence-corrected chi connectivity index (χ3v) is 5.99. The standard InChI is InChI=1S/C14H22N2O2S3/c1-5-7-8-19-13-15-16-14(21-13)20-9-11(6-2)18-12(17)10(3)4/h11H,3,5-9H2,1-2,4H3. The first-order valence-electron chi connectivity index (χ1n) is 7.02. The highest BCUT2D eigenvalue weighted by molar-refractivity contribution is 8.03. The van der Waals surface area contributed by atoms with Crippen molar-refractivity contribution in [1.29, 1.82) is 0 Å². The summed E-state index contributed by atoms with van der Waals surface area (Å²) < 4.78 is 7.30. The maximum Gasteiger partial charge on any atom is 0.333 e. The Morgan fingerprint density at radius 3 is 2.57 bits per heavy atom. The van der Waals surface area contributed by atoms with E-state index in [0.717, 1.165) is 20.9 Å². The monoisotopic (exact) mass is 346 g/mol. The Labute approximate surface area is 139 Å². The van der Waals surface area contributed by atoms with Crippen LogP contribution in [-0.4, -0.2) is 33.8 Å². The van der Waals surface area contributed by atoms with Crippen molar-refractivity contribution in [2.24, 2.45) is 0 Å². The molecule has 0 saturated carbocycles. The number of unbranched alkanes of at least 4 members (excludes halogenated alkanes) is 1. The van der Waals surface area contributed by atoms with E-state index in [-0.39, 0.29) is 12.1 Å². The zero-order chi connectivity index (χ0) is 15.7. The van der Waals surface area contributed by atoms with E-state index < -0.39 is 0 Å². The van der Waals surface area contributed by atoms with E-state index in [9.17, 15) is 4.79 Å². The number of aromatic nitrogens is 2. The lowest BCUT2D eigenvalue weighted by Gasteiger charge is -2.14. The lowest BCUT2D eigenvalue weighted by molar-refractivity contribution is -0.143. The SMILES string of the molecule is C=C(C)C(=O)OC(CC)CSc1nnc(SCCCC)s1. The highest BCUT2D eigenvalue weighted by atomic mass is 32.2. The fourth-order valence-corrected chi connectivity index (χ4v) is 4.58. The van der Waals surface area contributed by atoms with Gasteiger partial charge in [-0.05, 0) is 19.8 Å². The van der Waals surface area contributed by atoms with Crippen LogP contribution in [0.3, 0.4) is 0 Å². The third kappa shape index (κ3) is 7.33. The molecule has 1 aromatic rings. The second-order valence-corrected chi connectivity index (χ2v) is 8.15. The first kappa shape index (κ1) is 18.5. The Hall–Kier alpha value is -0.530. The molecular formula is C14H22N2O2S3. The molecule has 0 bridgehead atoms. The molecule has 0 radical (unpaired) electrons. The minimum absolute atomic E-state index is 0.112. The van der Waals surface area contributed by atoms with E-state index >= 15 is 0 Å². The molecule has 0 aromatic carbocycles. The molecule has 1 aromatic heterocycles. The number of rotatable bonds is 10. The van der Waals surface area contributed by atoms with Crippen molar-refractivity contribution in [1.82, 2.24) is 10.2 Å². The van der Waals surface area contributed by atoms with E-state index in [0.29, 0.717) is 11.3 Å². The lowest BCUT2D eigenvalue weighted by Crippen LogP contribution is -2.20. The zero-order valence-electron chi connectivity index (χ0n) is 12.8. The minimum atomic E-state index is -0.324. The van der Waals surface area contributed by atoms with Crippen LogP contribution in [0.15, 0.2) is 20.8 Å². The van der Waals surface area contributed by atoms with Crippen molar-refractivity contribution in [3.8, 4) is 0 Å². The molecular weight excluding hydrogens is 324 g/mol. The highest BCUT2D eigenvalue weighted by Crippen LogP contribution is 2.30. The van der Waals surface area contributed by atoms with Gasteiger partial charge in [0.1, 0.15) is 6.10 Å². The van der Waals surface area contributed by atoms with Crippen LogP contribution in [0, 0.1) is 0 Å². The number of esters is 1. The molecule has 0 N–H and O–H groups in total. The topological polar surface area (TPSA) is 52.1 Å². The predicted octanol–water partition coefficient (Wildman–Crippen LogP) is 4.42. The summed E-state index contributed by atoms with van der Waals surface area (Å²) in [5.41, 5.74) is 0.434. The smallest absolute Gasteiger partial charge is 0.333 e. The molecule has 1 rings (SSSR count). The molecule has 1 heterocycles. The molecule has 0 saturated heterocycles. The van der Waals surface area contributed by atoms with Crippen LogP contribution in [0.1, 0.15) is 40.0 Å². The van der Waals surface area contributed by atoms with Gasteiger partial charge in [-0.3, -0.25) is 0 Å². The Balaban J connectivity index is 2.38. The summed E-state index contributed by atoms with van der Waals surface area (Å²) >= 11 is 4.95. The van der Waals surface area contributed by atoms with E-state index in [1.807, 2.05) is 6.92 Å². The molecule has 4 nitrogen and oxygen atoms in total. The van der Waals surface area contributed by atoms with Crippen molar-refractivity contribution in [2.45, 2.75) is 54.8 Å². The minimum Gasteiger partial charge on any atom is -0.458 e. The molecule has 1 atom stereocenters. The summed E-state index contributed by atoms with van der Waals surface area (Å²) in [7, 11) is 0. The van der Waals surface area contributed by atoms with Gasteiger partial charge in [0.05, 0.1) is 0 Å². The molecule has 0 spiro atoms. The summed E-state index contributed by atoms with van der Waals surface area (Å²) in [6, 6.07) is 0. The molecule has 7 heteroatoms. The van der Waals surface area contributed by atoms with Crippen LogP contribution in [0.4, 0.5) is 0 Å². The second kappa shape index (κ2) is 10.2. The molecule has 0 aliphatic rings. The Morgan fingerprint density at radius 1 is 1.33 bits per heavy atom. The van der Waals surface area contributed by atoms with E-state index in [2.05, 4.69) is 23.7 Å². The van der Waals surface area contributed by atoms with Gasteiger partial charge in [-0.25, -0.2) is 4.79 Å². The van der Waals surface area contributed by atoms with Crippen molar-refractivity contribution in [3.05, 3.63) is 12.2 Å². The zero-order valence-corrected chi connectivity index (χ0v) is 15.2. The van der Waals surface area contributed by atoms with Crippen LogP contribution in [0.25, 0.3) is 0 Å². The Kier molecular flexibility index (Phi) is 9.03. The quantitative estimate of drug-likeness (QED) is 0.270. The normalized spacial score (nSPS) is 12.1. The number of hydrogen-bond acceptors (Lipinski definition) is 7. The number of nitrogens with zero attached hydrogens (tertiary/aromatic N) is 2. The van der Waals surface area contributed by atoms with Crippen LogP contribution >= 0.6 is 34.9 Å². The van der Waals surface area contributed by atoms with Crippen molar-refractivity contribution in [3.63, 3.8) is 0 Å². The second-order valence-electron chi connectivity index (χ2n) is 4.56. The van der Waals surface area contributed by atoms with E-state index in [1.54, 1.807) is 41.8 Å². The predicted molar refractivity (Wildman–Crippen MR) is 91.3 cm³/mol. The van der Waals surface area contributed by atoms with E-state index in [1.165, 1.54) is 12.8 Å². The molecule has 118 valence electrons. The highest BCUT2D eigenvalue weighted by Gasteiger charge is 2.15.